The van der Waals surface area contributed by atoms with Crippen molar-refractivity contribution in [3.05, 3.63) is 54.1 Å². The number of rotatable bonds is 9. The lowest BCUT2D eigenvalue weighted by molar-refractivity contribution is -0.120. The Morgan fingerprint density at radius 2 is 1.68 bits per heavy atom. The van der Waals surface area contributed by atoms with Crippen molar-refractivity contribution in [2.45, 2.75) is 32.7 Å². The van der Waals surface area contributed by atoms with Gasteiger partial charge in [0, 0.05) is 18.2 Å². The summed E-state index contributed by atoms with van der Waals surface area (Å²) in [5.41, 5.74) is 1.02. The predicted octanol–water partition coefficient (Wildman–Crippen LogP) is 4.01. The second-order valence-corrected chi connectivity index (χ2v) is 8.67. The maximum Gasteiger partial charge on any atom is 0.258 e. The molecular formula is C26H36ClN3O4. The second kappa shape index (κ2) is 13.2. The number of ether oxygens (including phenoxy) is 2. The number of amides is 2. The molecule has 3 rings (SSSR count). The van der Waals surface area contributed by atoms with E-state index in [2.05, 4.69) is 24.1 Å². The molecule has 2 aromatic rings. The number of benzene rings is 2. The summed E-state index contributed by atoms with van der Waals surface area (Å²) in [6.07, 6.45) is 2.14. The molecule has 0 bridgehead atoms. The smallest absolute Gasteiger partial charge is 0.258 e. The van der Waals surface area contributed by atoms with E-state index in [4.69, 9.17) is 9.47 Å². The highest BCUT2D eigenvalue weighted by molar-refractivity contribution is 6.09. The first-order valence-corrected chi connectivity index (χ1v) is 11.5. The lowest BCUT2D eigenvalue weighted by Gasteiger charge is -2.34. The number of likely N-dealkylation sites (tertiary alicyclic amines) is 1. The molecule has 1 aliphatic heterocycles. The van der Waals surface area contributed by atoms with Gasteiger partial charge >= 0.3 is 0 Å². The van der Waals surface area contributed by atoms with Crippen molar-refractivity contribution in [2.24, 2.45) is 5.92 Å². The van der Waals surface area contributed by atoms with E-state index in [0.717, 1.165) is 25.9 Å². The normalized spacial score (nSPS) is 14.3. The van der Waals surface area contributed by atoms with Crippen LogP contribution < -0.4 is 19.7 Å². The third-order valence-electron chi connectivity index (χ3n) is 6.23. The van der Waals surface area contributed by atoms with Gasteiger partial charge in [-0.2, -0.15) is 0 Å². The van der Waals surface area contributed by atoms with Crippen LogP contribution in [0, 0.1) is 5.92 Å². The highest BCUT2D eigenvalue weighted by atomic mass is 35.5. The third kappa shape index (κ3) is 7.11. The van der Waals surface area contributed by atoms with Gasteiger partial charge in [-0.1, -0.05) is 12.1 Å². The standard InChI is InChI=1S/C26H35N3O4.ClH/c1-19(2)28-15-13-20(14-16-28)17-27-25(30)18-29(23-7-5-6-8-24(23)33-4)26(31)21-9-11-22(32-3)12-10-21;/h5-12,19-20H,13-18H2,1-4H3,(H,27,30);1H. The van der Waals surface area contributed by atoms with Crippen LogP contribution in [-0.2, 0) is 4.79 Å². The number of nitrogens with one attached hydrogen (secondary N) is 1. The van der Waals surface area contributed by atoms with Crippen LogP contribution in [0.1, 0.15) is 37.0 Å². The Morgan fingerprint density at radius 1 is 1.03 bits per heavy atom. The molecule has 0 spiro atoms. The lowest BCUT2D eigenvalue weighted by Crippen LogP contribution is -2.44. The number of carbonyl (C=O) groups is 2. The molecule has 7 nitrogen and oxygen atoms in total. The molecule has 1 fully saturated rings. The maximum absolute atomic E-state index is 13.4. The molecular weight excluding hydrogens is 454 g/mol. The van der Waals surface area contributed by atoms with Crippen LogP contribution in [-0.4, -0.2) is 63.2 Å². The molecule has 1 heterocycles. The van der Waals surface area contributed by atoms with Crippen LogP contribution in [0.3, 0.4) is 0 Å². The minimum absolute atomic E-state index is 0. The topological polar surface area (TPSA) is 71.1 Å². The molecule has 0 unspecified atom stereocenters. The zero-order valence-corrected chi connectivity index (χ0v) is 21.3. The first-order valence-electron chi connectivity index (χ1n) is 11.5. The van der Waals surface area contributed by atoms with E-state index < -0.39 is 0 Å². The number of methoxy groups -OCH3 is 2. The summed E-state index contributed by atoms with van der Waals surface area (Å²) in [6, 6.07) is 14.6. The van der Waals surface area contributed by atoms with Crippen molar-refractivity contribution in [1.82, 2.24) is 10.2 Å². The van der Waals surface area contributed by atoms with Crippen LogP contribution in [0.25, 0.3) is 0 Å². The summed E-state index contributed by atoms with van der Waals surface area (Å²) < 4.78 is 10.7. The van der Waals surface area contributed by atoms with Gasteiger partial charge < -0.3 is 19.7 Å². The summed E-state index contributed by atoms with van der Waals surface area (Å²) in [6.45, 7) is 7.09. The maximum atomic E-state index is 13.4. The van der Waals surface area contributed by atoms with Crippen molar-refractivity contribution >= 4 is 29.9 Å². The summed E-state index contributed by atoms with van der Waals surface area (Å²) >= 11 is 0. The van der Waals surface area contributed by atoms with Gasteiger partial charge in [0.15, 0.2) is 0 Å². The van der Waals surface area contributed by atoms with E-state index in [0.29, 0.717) is 41.3 Å². The minimum Gasteiger partial charge on any atom is -0.497 e. The van der Waals surface area contributed by atoms with E-state index in [-0.39, 0.29) is 30.8 Å². The quantitative estimate of drug-likeness (QED) is 0.576. The lowest BCUT2D eigenvalue weighted by atomic mass is 9.96. The number of hydrogen-bond acceptors (Lipinski definition) is 5. The van der Waals surface area contributed by atoms with Crippen molar-refractivity contribution in [3.63, 3.8) is 0 Å². The Kier molecular flexibility index (Phi) is 10.7. The van der Waals surface area contributed by atoms with Gasteiger partial charge in [0.1, 0.15) is 18.0 Å². The Balaban J connectivity index is 0.00000408. The molecule has 0 saturated carbocycles. The summed E-state index contributed by atoms with van der Waals surface area (Å²) in [7, 11) is 3.13. The molecule has 1 N–H and O–H groups in total. The Hall–Kier alpha value is -2.77. The summed E-state index contributed by atoms with van der Waals surface area (Å²) in [5, 5.41) is 3.05. The first kappa shape index (κ1) is 27.5. The number of carbonyl (C=O) groups excluding carboxylic acids is 2. The molecule has 2 aromatic carbocycles. The molecule has 0 atom stereocenters. The number of anilines is 1. The Labute approximate surface area is 208 Å². The van der Waals surface area contributed by atoms with E-state index in [1.165, 1.54) is 4.90 Å². The van der Waals surface area contributed by atoms with E-state index >= 15 is 0 Å². The van der Waals surface area contributed by atoms with Crippen LogP contribution in [0.2, 0.25) is 0 Å². The van der Waals surface area contributed by atoms with Gasteiger partial charge in [-0.15, -0.1) is 12.4 Å². The second-order valence-electron chi connectivity index (χ2n) is 8.67. The molecule has 2 amide bonds. The molecule has 1 saturated heterocycles. The zero-order chi connectivity index (χ0) is 23.8. The number of para-hydroxylation sites is 2. The third-order valence-corrected chi connectivity index (χ3v) is 6.23. The number of halogens is 1. The van der Waals surface area contributed by atoms with Gasteiger partial charge in [0.2, 0.25) is 5.91 Å². The fourth-order valence-electron chi connectivity index (χ4n) is 4.14. The van der Waals surface area contributed by atoms with Crippen LogP contribution in [0.5, 0.6) is 11.5 Å². The Bertz CT molecular complexity index is 928. The van der Waals surface area contributed by atoms with Crippen LogP contribution in [0.4, 0.5) is 5.69 Å². The van der Waals surface area contributed by atoms with Crippen LogP contribution in [0.15, 0.2) is 48.5 Å². The fourth-order valence-corrected chi connectivity index (χ4v) is 4.14. The Morgan fingerprint density at radius 3 is 2.26 bits per heavy atom. The first-order chi connectivity index (χ1) is 15.9. The number of hydrogen-bond donors (Lipinski definition) is 1. The van der Waals surface area contributed by atoms with Gasteiger partial charge in [0.25, 0.3) is 5.91 Å². The van der Waals surface area contributed by atoms with Crippen molar-refractivity contribution < 1.29 is 19.1 Å². The van der Waals surface area contributed by atoms with Gasteiger partial charge in [-0.05, 0) is 82.1 Å². The van der Waals surface area contributed by atoms with E-state index in [1.54, 1.807) is 50.6 Å². The zero-order valence-electron chi connectivity index (χ0n) is 20.5. The van der Waals surface area contributed by atoms with Gasteiger partial charge in [-0.3, -0.25) is 14.5 Å². The molecule has 8 heteroatoms. The monoisotopic (exact) mass is 489 g/mol. The average Bonchev–Trinajstić information content (AvgIpc) is 2.86. The molecule has 0 aliphatic carbocycles. The molecule has 0 aromatic heterocycles. The minimum atomic E-state index is -0.275. The predicted molar refractivity (Wildman–Crippen MR) is 137 cm³/mol. The van der Waals surface area contributed by atoms with E-state index in [9.17, 15) is 9.59 Å². The molecule has 0 radical (unpaired) electrons. The highest BCUT2D eigenvalue weighted by Gasteiger charge is 2.25. The van der Waals surface area contributed by atoms with Gasteiger partial charge in [-0.25, -0.2) is 0 Å². The summed E-state index contributed by atoms with van der Waals surface area (Å²) in [5.74, 6) is 1.20. The van der Waals surface area contributed by atoms with Crippen molar-refractivity contribution in [3.8, 4) is 11.5 Å². The fraction of sp³-hybridized carbons (Fsp3) is 0.462. The largest absolute Gasteiger partial charge is 0.497 e. The molecule has 186 valence electrons. The van der Waals surface area contributed by atoms with Gasteiger partial charge in [0.05, 0.1) is 19.9 Å². The van der Waals surface area contributed by atoms with Crippen LogP contribution >= 0.6 is 12.4 Å². The number of piperidine rings is 1. The summed E-state index contributed by atoms with van der Waals surface area (Å²) in [4.78, 5) is 30.2. The highest BCUT2D eigenvalue weighted by Crippen LogP contribution is 2.29. The van der Waals surface area contributed by atoms with Crippen molar-refractivity contribution in [1.29, 1.82) is 0 Å². The van der Waals surface area contributed by atoms with Crippen molar-refractivity contribution in [2.75, 3.05) is 45.3 Å². The van der Waals surface area contributed by atoms with E-state index in [1.807, 2.05) is 12.1 Å². The molecule has 1 aliphatic rings. The number of nitrogens with zero attached hydrogens (tertiary/aromatic N) is 2. The average molecular weight is 490 g/mol. The molecule has 34 heavy (non-hydrogen) atoms. The SMILES string of the molecule is COc1ccc(C(=O)N(CC(=O)NCC2CCN(C(C)C)CC2)c2ccccc2OC)cc1.Cl.